The van der Waals surface area contributed by atoms with Crippen LogP contribution in [0, 0.1) is 0 Å². The summed E-state index contributed by atoms with van der Waals surface area (Å²) in [6, 6.07) is 15.0. The van der Waals surface area contributed by atoms with Crippen LogP contribution in [0.1, 0.15) is 37.4 Å². The van der Waals surface area contributed by atoms with E-state index < -0.39 is 0 Å². The number of hydrogen-bond donors (Lipinski definition) is 0. The Morgan fingerprint density at radius 1 is 1.05 bits per heavy atom. The van der Waals surface area contributed by atoms with Crippen molar-refractivity contribution in [3.8, 4) is 5.75 Å². The minimum atomic E-state index is 0.463. The Hall–Kier alpha value is -2.36. The van der Waals surface area contributed by atoms with Crippen molar-refractivity contribution in [2.24, 2.45) is 0 Å². The topological polar surface area (TPSA) is 39.9 Å². The Bertz CT molecular complexity index is 775. The lowest BCUT2D eigenvalue weighted by Gasteiger charge is -2.07. The van der Waals surface area contributed by atoms with E-state index in [2.05, 4.69) is 34.6 Å². The van der Waals surface area contributed by atoms with Gasteiger partial charge in [0.05, 0.1) is 12.2 Å². The fourth-order valence-corrected chi connectivity index (χ4v) is 3.14. The first-order chi connectivity index (χ1) is 10.9. The predicted octanol–water partition coefficient (Wildman–Crippen LogP) is 4.13. The Kier molecular flexibility index (Phi) is 3.51. The third kappa shape index (κ3) is 2.69. The summed E-state index contributed by atoms with van der Waals surface area (Å²) in [7, 11) is 0. The molecule has 1 aromatic heterocycles. The van der Waals surface area contributed by atoms with E-state index in [0.717, 1.165) is 11.4 Å². The van der Waals surface area contributed by atoms with Crippen molar-refractivity contribution in [2.45, 2.75) is 38.3 Å². The number of rotatable bonds is 4. The van der Waals surface area contributed by atoms with Crippen LogP contribution in [0.4, 0.5) is 0 Å². The number of hydrogen-bond acceptors (Lipinski definition) is 3. The quantitative estimate of drug-likeness (QED) is 0.726. The first kappa shape index (κ1) is 13.3. The van der Waals surface area contributed by atoms with Crippen LogP contribution in [0.2, 0.25) is 0 Å². The van der Waals surface area contributed by atoms with Crippen molar-refractivity contribution >= 4 is 10.8 Å². The van der Waals surface area contributed by atoms with Crippen LogP contribution in [0.3, 0.4) is 0 Å². The smallest absolute Gasteiger partial charge is 0.134 e. The lowest BCUT2D eigenvalue weighted by atomic mass is 10.1. The third-order valence-corrected chi connectivity index (χ3v) is 4.36. The zero-order valence-electron chi connectivity index (χ0n) is 12.5. The molecule has 1 saturated carbocycles. The minimum Gasteiger partial charge on any atom is -0.487 e. The number of benzene rings is 2. The summed E-state index contributed by atoms with van der Waals surface area (Å²) in [5.74, 6) is 0.870. The molecule has 112 valence electrons. The molecule has 4 heteroatoms. The monoisotopic (exact) mass is 293 g/mol. The standard InChI is InChI=1S/C18H19N3O/c1-2-6-15-11-18(10-9-14(15)5-1)22-13-16-12-21(20-19-16)17-7-3-4-8-17/h1-2,5-6,9-12,17H,3-4,7-8,13H2. The van der Waals surface area contributed by atoms with Gasteiger partial charge in [-0.25, -0.2) is 4.68 Å². The average molecular weight is 293 g/mol. The highest BCUT2D eigenvalue weighted by Crippen LogP contribution is 2.28. The molecule has 1 aliphatic rings. The van der Waals surface area contributed by atoms with Crippen LogP contribution in [0.5, 0.6) is 5.75 Å². The number of aromatic nitrogens is 3. The molecule has 0 N–H and O–H groups in total. The van der Waals surface area contributed by atoms with E-state index in [1.807, 2.05) is 29.1 Å². The highest BCUT2D eigenvalue weighted by atomic mass is 16.5. The Morgan fingerprint density at radius 2 is 1.86 bits per heavy atom. The maximum Gasteiger partial charge on any atom is 0.134 e. The molecule has 3 aromatic rings. The highest BCUT2D eigenvalue weighted by Gasteiger charge is 2.18. The van der Waals surface area contributed by atoms with Crippen LogP contribution >= 0.6 is 0 Å². The summed E-state index contributed by atoms with van der Waals surface area (Å²) in [6.07, 6.45) is 7.06. The molecule has 2 aromatic carbocycles. The van der Waals surface area contributed by atoms with E-state index in [4.69, 9.17) is 4.74 Å². The van der Waals surface area contributed by atoms with Crippen molar-refractivity contribution < 1.29 is 4.74 Å². The maximum atomic E-state index is 5.86. The fourth-order valence-electron chi connectivity index (χ4n) is 3.14. The zero-order valence-corrected chi connectivity index (χ0v) is 12.5. The third-order valence-electron chi connectivity index (χ3n) is 4.36. The van der Waals surface area contributed by atoms with E-state index in [9.17, 15) is 0 Å². The normalized spacial score (nSPS) is 15.5. The highest BCUT2D eigenvalue weighted by molar-refractivity contribution is 5.83. The molecule has 0 aliphatic heterocycles. The summed E-state index contributed by atoms with van der Waals surface area (Å²) in [6.45, 7) is 0.463. The zero-order chi connectivity index (χ0) is 14.8. The second-order valence-electron chi connectivity index (χ2n) is 5.93. The van der Waals surface area contributed by atoms with E-state index in [1.165, 1.54) is 36.5 Å². The summed E-state index contributed by atoms with van der Waals surface area (Å²) in [4.78, 5) is 0. The predicted molar refractivity (Wildman–Crippen MR) is 85.8 cm³/mol. The van der Waals surface area contributed by atoms with Crippen LogP contribution < -0.4 is 4.74 Å². The summed E-state index contributed by atoms with van der Waals surface area (Å²) in [5.41, 5.74) is 0.889. The molecule has 1 aliphatic carbocycles. The summed E-state index contributed by atoms with van der Waals surface area (Å²) >= 11 is 0. The molecule has 0 saturated heterocycles. The molecule has 0 bridgehead atoms. The van der Waals surface area contributed by atoms with E-state index >= 15 is 0 Å². The van der Waals surface area contributed by atoms with Crippen molar-refractivity contribution in [3.63, 3.8) is 0 Å². The van der Waals surface area contributed by atoms with Gasteiger partial charge >= 0.3 is 0 Å². The number of ether oxygens (including phenoxy) is 1. The second kappa shape index (κ2) is 5.79. The first-order valence-electron chi connectivity index (χ1n) is 7.91. The van der Waals surface area contributed by atoms with Crippen LogP contribution in [-0.2, 0) is 6.61 Å². The molecule has 1 heterocycles. The first-order valence-corrected chi connectivity index (χ1v) is 7.91. The second-order valence-corrected chi connectivity index (χ2v) is 5.93. The number of nitrogens with zero attached hydrogens (tertiary/aromatic N) is 3. The van der Waals surface area contributed by atoms with Gasteiger partial charge < -0.3 is 4.74 Å². The minimum absolute atomic E-state index is 0.463. The van der Waals surface area contributed by atoms with Crippen molar-refractivity contribution in [1.29, 1.82) is 0 Å². The molecule has 1 fully saturated rings. The Morgan fingerprint density at radius 3 is 2.73 bits per heavy atom. The molecule has 4 nitrogen and oxygen atoms in total. The molecular formula is C18H19N3O. The van der Waals surface area contributed by atoms with E-state index in [1.54, 1.807) is 0 Å². The van der Waals surface area contributed by atoms with Gasteiger partial charge in [0, 0.05) is 0 Å². The van der Waals surface area contributed by atoms with Gasteiger partial charge in [-0.05, 0) is 35.7 Å². The van der Waals surface area contributed by atoms with Gasteiger partial charge in [0.25, 0.3) is 0 Å². The van der Waals surface area contributed by atoms with Gasteiger partial charge in [-0.2, -0.15) is 0 Å². The Balaban J connectivity index is 1.44. The van der Waals surface area contributed by atoms with Crippen LogP contribution in [0.15, 0.2) is 48.7 Å². The Labute approximate surface area is 129 Å². The van der Waals surface area contributed by atoms with Gasteiger partial charge in [0.1, 0.15) is 18.1 Å². The molecule has 4 rings (SSSR count). The van der Waals surface area contributed by atoms with Crippen LogP contribution in [0.25, 0.3) is 10.8 Å². The van der Waals surface area contributed by atoms with Gasteiger partial charge in [-0.1, -0.05) is 48.4 Å². The van der Waals surface area contributed by atoms with E-state index in [0.29, 0.717) is 12.6 Å². The molecule has 0 unspecified atom stereocenters. The largest absolute Gasteiger partial charge is 0.487 e. The fraction of sp³-hybridized carbons (Fsp3) is 0.333. The summed E-state index contributed by atoms with van der Waals surface area (Å²) in [5, 5.41) is 10.9. The molecule has 0 spiro atoms. The van der Waals surface area contributed by atoms with Gasteiger partial charge in [0.15, 0.2) is 0 Å². The van der Waals surface area contributed by atoms with Crippen molar-refractivity contribution in [3.05, 3.63) is 54.4 Å². The summed E-state index contributed by atoms with van der Waals surface area (Å²) < 4.78 is 7.87. The number of fused-ring (bicyclic) bond motifs is 1. The van der Waals surface area contributed by atoms with Gasteiger partial charge in [-0.3, -0.25) is 0 Å². The van der Waals surface area contributed by atoms with Gasteiger partial charge in [0.2, 0.25) is 0 Å². The molecule has 0 radical (unpaired) electrons. The van der Waals surface area contributed by atoms with Crippen molar-refractivity contribution in [1.82, 2.24) is 15.0 Å². The lowest BCUT2D eigenvalue weighted by molar-refractivity contribution is 0.301. The SMILES string of the molecule is c1ccc2cc(OCc3cn(C4CCCC4)nn3)ccc2c1. The molecule has 22 heavy (non-hydrogen) atoms. The lowest BCUT2D eigenvalue weighted by Crippen LogP contribution is -2.04. The van der Waals surface area contributed by atoms with Crippen LogP contribution in [-0.4, -0.2) is 15.0 Å². The van der Waals surface area contributed by atoms with E-state index in [-0.39, 0.29) is 0 Å². The maximum absolute atomic E-state index is 5.86. The molecular weight excluding hydrogens is 274 g/mol. The van der Waals surface area contributed by atoms with Gasteiger partial charge in [-0.15, -0.1) is 5.10 Å². The average Bonchev–Trinajstić information content (AvgIpc) is 3.24. The molecule has 0 atom stereocenters. The van der Waals surface area contributed by atoms with Crippen molar-refractivity contribution in [2.75, 3.05) is 0 Å². The molecule has 0 amide bonds.